The van der Waals surface area contributed by atoms with Gasteiger partial charge in [0.2, 0.25) is 0 Å². The lowest BCUT2D eigenvalue weighted by Gasteiger charge is -2.43. The van der Waals surface area contributed by atoms with E-state index in [0.29, 0.717) is 19.3 Å². The highest BCUT2D eigenvalue weighted by Gasteiger charge is 2.40. The molecular formula is C17H25NO3. The van der Waals surface area contributed by atoms with Crippen molar-refractivity contribution in [3.05, 3.63) is 35.9 Å². The molecule has 1 unspecified atom stereocenters. The van der Waals surface area contributed by atoms with Crippen molar-refractivity contribution < 1.29 is 14.6 Å². The van der Waals surface area contributed by atoms with E-state index in [1.807, 2.05) is 6.07 Å². The van der Waals surface area contributed by atoms with Crippen molar-refractivity contribution in [2.45, 2.75) is 25.5 Å². The quantitative estimate of drug-likeness (QED) is 0.830. The van der Waals surface area contributed by atoms with Crippen molar-refractivity contribution in [2.75, 3.05) is 39.5 Å². The van der Waals surface area contributed by atoms with Crippen LogP contribution in [0.5, 0.6) is 0 Å². The summed E-state index contributed by atoms with van der Waals surface area (Å²) in [4.78, 5) is 2.42. The van der Waals surface area contributed by atoms with E-state index in [2.05, 4.69) is 29.2 Å². The number of hydrogen-bond acceptors (Lipinski definition) is 4. The molecule has 2 fully saturated rings. The third-order valence-electron chi connectivity index (χ3n) is 4.45. The Balaban J connectivity index is 1.64. The summed E-state index contributed by atoms with van der Waals surface area (Å²) < 4.78 is 11.1. The predicted molar refractivity (Wildman–Crippen MR) is 81.0 cm³/mol. The van der Waals surface area contributed by atoms with Crippen molar-refractivity contribution in [3.8, 4) is 0 Å². The summed E-state index contributed by atoms with van der Waals surface area (Å²) in [6.07, 6.45) is 2.65. The maximum Gasteiger partial charge on any atom is 0.0702 e. The molecule has 1 atom stereocenters. The van der Waals surface area contributed by atoms with Gasteiger partial charge in [-0.15, -0.1) is 0 Å². The van der Waals surface area contributed by atoms with E-state index in [1.165, 1.54) is 5.56 Å². The van der Waals surface area contributed by atoms with E-state index < -0.39 is 0 Å². The zero-order valence-electron chi connectivity index (χ0n) is 12.5. The summed E-state index contributed by atoms with van der Waals surface area (Å²) in [6, 6.07) is 10.5. The molecule has 4 nitrogen and oxygen atoms in total. The van der Waals surface area contributed by atoms with E-state index in [0.717, 1.165) is 39.1 Å². The smallest absolute Gasteiger partial charge is 0.0702 e. The normalized spacial score (nSPS) is 24.2. The molecule has 0 saturated carbocycles. The molecule has 4 heteroatoms. The Morgan fingerprint density at radius 2 is 2.05 bits per heavy atom. The molecule has 0 bridgehead atoms. The average Bonchev–Trinajstić information content (AvgIpc) is 2.97. The fraction of sp³-hybridized carbons (Fsp3) is 0.647. The minimum atomic E-state index is -0.0760. The van der Waals surface area contributed by atoms with E-state index >= 15 is 0 Å². The lowest BCUT2D eigenvalue weighted by atomic mass is 9.86. The molecule has 0 aliphatic carbocycles. The number of aliphatic hydroxyl groups excluding tert-OH is 1. The van der Waals surface area contributed by atoms with Crippen molar-refractivity contribution in [1.82, 2.24) is 4.90 Å². The second-order valence-electron chi connectivity index (χ2n) is 6.44. The van der Waals surface area contributed by atoms with Crippen LogP contribution in [0.4, 0.5) is 0 Å². The first-order valence-electron chi connectivity index (χ1n) is 7.86. The first kappa shape index (κ1) is 15.0. The number of benzene rings is 1. The lowest BCUT2D eigenvalue weighted by Crippen LogP contribution is -2.54. The monoisotopic (exact) mass is 291 g/mol. The molecule has 0 aromatic heterocycles. The molecule has 2 heterocycles. The summed E-state index contributed by atoms with van der Waals surface area (Å²) >= 11 is 0. The van der Waals surface area contributed by atoms with Gasteiger partial charge in [0.05, 0.1) is 31.3 Å². The molecule has 2 saturated heterocycles. The fourth-order valence-electron chi connectivity index (χ4n) is 3.20. The lowest BCUT2D eigenvalue weighted by molar-refractivity contribution is -0.151. The van der Waals surface area contributed by atoms with Gasteiger partial charge in [-0.2, -0.15) is 0 Å². The van der Waals surface area contributed by atoms with Crippen LogP contribution in [0, 0.1) is 5.41 Å². The molecule has 3 rings (SSSR count). The molecule has 1 aromatic carbocycles. The van der Waals surface area contributed by atoms with Gasteiger partial charge in [-0.25, -0.2) is 0 Å². The van der Waals surface area contributed by atoms with Crippen LogP contribution in [0.15, 0.2) is 30.3 Å². The van der Waals surface area contributed by atoms with E-state index in [1.54, 1.807) is 0 Å². The van der Waals surface area contributed by atoms with Gasteiger partial charge in [-0.3, -0.25) is 4.90 Å². The summed E-state index contributed by atoms with van der Waals surface area (Å²) in [7, 11) is 0. The Morgan fingerprint density at radius 3 is 2.62 bits per heavy atom. The van der Waals surface area contributed by atoms with Crippen LogP contribution in [0.25, 0.3) is 0 Å². The number of aliphatic hydroxyl groups is 1. The minimum absolute atomic E-state index is 0.0760. The second-order valence-corrected chi connectivity index (χ2v) is 6.44. The second kappa shape index (κ2) is 6.88. The first-order chi connectivity index (χ1) is 10.3. The van der Waals surface area contributed by atoms with Crippen LogP contribution in [0.2, 0.25) is 0 Å². The Kier molecular flexibility index (Phi) is 4.91. The van der Waals surface area contributed by atoms with Gasteiger partial charge in [0.1, 0.15) is 0 Å². The average molecular weight is 291 g/mol. The van der Waals surface area contributed by atoms with Gasteiger partial charge < -0.3 is 14.6 Å². The molecule has 1 N–H and O–H groups in total. The fourth-order valence-corrected chi connectivity index (χ4v) is 3.20. The van der Waals surface area contributed by atoms with Crippen LogP contribution in [-0.2, 0) is 16.0 Å². The van der Waals surface area contributed by atoms with E-state index in [9.17, 15) is 5.11 Å². The Morgan fingerprint density at radius 1 is 1.24 bits per heavy atom. The maximum absolute atomic E-state index is 9.67. The topological polar surface area (TPSA) is 41.9 Å². The Bertz CT molecular complexity index is 421. The van der Waals surface area contributed by atoms with Crippen LogP contribution in [0.1, 0.15) is 18.4 Å². The van der Waals surface area contributed by atoms with Crippen molar-refractivity contribution in [2.24, 2.45) is 5.41 Å². The molecule has 0 radical (unpaired) electrons. The summed E-state index contributed by atoms with van der Waals surface area (Å²) in [6.45, 7) is 5.14. The zero-order valence-corrected chi connectivity index (χ0v) is 12.5. The molecule has 21 heavy (non-hydrogen) atoms. The van der Waals surface area contributed by atoms with Crippen molar-refractivity contribution in [1.29, 1.82) is 0 Å². The Hall–Kier alpha value is -0.940. The molecule has 2 aliphatic heterocycles. The number of ether oxygens (including phenoxy) is 2. The molecule has 0 spiro atoms. The van der Waals surface area contributed by atoms with Gasteiger partial charge >= 0.3 is 0 Å². The van der Waals surface area contributed by atoms with Crippen LogP contribution in [0.3, 0.4) is 0 Å². The zero-order chi connectivity index (χ0) is 14.5. The predicted octanol–water partition coefficient (Wildman–Crippen LogP) is 1.68. The number of nitrogens with zero attached hydrogens (tertiary/aromatic N) is 1. The number of rotatable bonds is 7. The van der Waals surface area contributed by atoms with Gasteiger partial charge in [0.25, 0.3) is 0 Å². The van der Waals surface area contributed by atoms with E-state index in [-0.39, 0.29) is 12.0 Å². The van der Waals surface area contributed by atoms with Crippen LogP contribution in [-0.4, -0.2) is 55.6 Å². The molecular weight excluding hydrogens is 266 g/mol. The Labute approximate surface area is 126 Å². The van der Waals surface area contributed by atoms with Crippen molar-refractivity contribution >= 4 is 0 Å². The summed E-state index contributed by atoms with van der Waals surface area (Å²) in [5, 5.41) is 9.67. The minimum Gasteiger partial charge on any atom is -0.396 e. The van der Waals surface area contributed by atoms with Crippen molar-refractivity contribution in [3.63, 3.8) is 0 Å². The van der Waals surface area contributed by atoms with Crippen LogP contribution < -0.4 is 0 Å². The molecule has 116 valence electrons. The highest BCUT2D eigenvalue weighted by molar-refractivity contribution is 5.14. The molecule has 2 aliphatic rings. The van der Waals surface area contributed by atoms with E-state index in [4.69, 9.17) is 9.47 Å². The SMILES string of the molecule is OCC1(CN(Cc2ccccc2)CC2CCCO2)COC1. The summed E-state index contributed by atoms with van der Waals surface area (Å²) in [5.74, 6) is 0. The van der Waals surface area contributed by atoms with Gasteiger partial charge in [-0.1, -0.05) is 30.3 Å². The molecule has 0 amide bonds. The summed E-state index contributed by atoms with van der Waals surface area (Å²) in [5.41, 5.74) is 1.23. The molecule has 1 aromatic rings. The largest absolute Gasteiger partial charge is 0.396 e. The third-order valence-corrected chi connectivity index (χ3v) is 4.45. The number of hydrogen-bond donors (Lipinski definition) is 1. The standard InChI is InChI=1S/C17H25NO3/c19-12-17(13-20-14-17)11-18(10-16-7-4-8-21-16)9-15-5-2-1-3-6-15/h1-3,5-6,16,19H,4,7-14H2. The van der Waals surface area contributed by atoms with Gasteiger partial charge in [-0.05, 0) is 18.4 Å². The highest BCUT2D eigenvalue weighted by Crippen LogP contribution is 2.29. The third kappa shape index (κ3) is 3.83. The maximum atomic E-state index is 9.67. The highest BCUT2D eigenvalue weighted by atomic mass is 16.5. The van der Waals surface area contributed by atoms with Gasteiger partial charge in [0.15, 0.2) is 0 Å². The van der Waals surface area contributed by atoms with Crippen LogP contribution >= 0.6 is 0 Å². The van der Waals surface area contributed by atoms with Gasteiger partial charge in [0, 0.05) is 26.2 Å². The first-order valence-corrected chi connectivity index (χ1v) is 7.86.